The monoisotopic (exact) mass is 430 g/mol. The number of aromatic nitrogens is 3. The molecule has 5 heterocycles. The Morgan fingerprint density at radius 3 is 2.83 bits per heavy atom. The van der Waals surface area contributed by atoms with Gasteiger partial charge in [0.1, 0.15) is 5.69 Å². The molecule has 1 atom stereocenters. The second-order valence-corrected chi connectivity index (χ2v) is 10.2. The second kappa shape index (κ2) is 6.53. The van der Waals surface area contributed by atoms with Crippen LogP contribution in [0.5, 0.6) is 0 Å². The zero-order valence-electron chi connectivity index (χ0n) is 16.2. The van der Waals surface area contributed by atoms with Crippen molar-refractivity contribution in [3.8, 4) is 0 Å². The summed E-state index contributed by atoms with van der Waals surface area (Å²) in [5, 5.41) is 9.45. The molecule has 3 aromatic rings. The molecule has 0 radical (unpaired) electrons. The molecular formula is C19H22N6O2S2. The number of fused-ring (bicyclic) bond motifs is 1. The Bertz CT molecular complexity index is 1120. The number of carbonyl (C=O) groups is 2. The molecule has 0 aliphatic carbocycles. The fraction of sp³-hybridized carbons (Fsp3) is 0.421. The van der Waals surface area contributed by atoms with Gasteiger partial charge in [0.25, 0.3) is 11.8 Å². The average molecular weight is 431 g/mol. The number of nitrogens with one attached hydrogen (secondary N) is 1. The number of hydrogen-bond acceptors (Lipinski definition) is 6. The fourth-order valence-corrected chi connectivity index (χ4v) is 6.81. The fourth-order valence-electron chi connectivity index (χ4n) is 4.33. The maximum atomic E-state index is 13.0. The zero-order chi connectivity index (χ0) is 20.3. The van der Waals surface area contributed by atoms with Gasteiger partial charge in [-0.05, 0) is 29.7 Å². The predicted molar refractivity (Wildman–Crippen MR) is 115 cm³/mol. The van der Waals surface area contributed by atoms with Crippen LogP contribution in [0.2, 0.25) is 0 Å². The van der Waals surface area contributed by atoms with Crippen LogP contribution >= 0.6 is 23.1 Å². The lowest BCUT2D eigenvalue weighted by Crippen LogP contribution is -2.68. The summed E-state index contributed by atoms with van der Waals surface area (Å²) in [5.74, 6) is 0.775. The van der Waals surface area contributed by atoms with Gasteiger partial charge in [-0.2, -0.15) is 5.10 Å². The molecule has 5 rings (SSSR count). The number of rotatable bonds is 3. The smallest absolute Gasteiger partial charge is 0.276 e. The first-order valence-electron chi connectivity index (χ1n) is 9.44. The number of likely N-dealkylation sites (tertiary alicyclic amines) is 1. The molecule has 1 unspecified atom stereocenters. The number of nitrogens with zero attached hydrogens (tertiary/aromatic N) is 4. The van der Waals surface area contributed by atoms with Gasteiger partial charge in [-0.1, -0.05) is 0 Å². The zero-order valence-corrected chi connectivity index (χ0v) is 17.8. The molecule has 152 valence electrons. The normalized spacial score (nSPS) is 20.3. The third kappa shape index (κ3) is 2.84. The standard InChI is InChI=1S/C19H22N6O2S2/c1-23-8-11(20)16(22-23)18(27)25-9-19(10-25)15(4-6-29-19)21-17(26)13-7-14-12(24(13)2)3-5-28-14/h3,5,7-8,15H,4,6,9-10,20H2,1-2H3,(H,21,26). The Balaban J connectivity index is 1.29. The van der Waals surface area contributed by atoms with Crippen LogP contribution in [0.1, 0.15) is 27.4 Å². The lowest BCUT2D eigenvalue weighted by Gasteiger charge is -2.50. The highest BCUT2D eigenvalue weighted by molar-refractivity contribution is 8.01. The lowest BCUT2D eigenvalue weighted by atomic mass is 9.88. The van der Waals surface area contributed by atoms with Crippen molar-refractivity contribution < 1.29 is 9.59 Å². The van der Waals surface area contributed by atoms with E-state index in [1.54, 1.807) is 34.2 Å². The van der Waals surface area contributed by atoms with Crippen molar-refractivity contribution in [2.24, 2.45) is 14.1 Å². The number of nitrogen functional groups attached to an aromatic ring is 1. The Morgan fingerprint density at radius 2 is 2.14 bits per heavy atom. The topological polar surface area (TPSA) is 98.2 Å². The molecule has 2 amide bonds. The van der Waals surface area contributed by atoms with Crippen LogP contribution in [0.15, 0.2) is 23.7 Å². The van der Waals surface area contributed by atoms with Gasteiger partial charge in [-0.15, -0.1) is 23.1 Å². The van der Waals surface area contributed by atoms with Crippen LogP contribution in [-0.2, 0) is 14.1 Å². The Kier molecular flexibility index (Phi) is 4.18. The Labute approximate surface area is 176 Å². The van der Waals surface area contributed by atoms with Crippen LogP contribution in [-0.4, -0.2) is 60.7 Å². The summed E-state index contributed by atoms with van der Waals surface area (Å²) < 4.78 is 4.48. The molecule has 2 aliphatic rings. The maximum absolute atomic E-state index is 13.0. The van der Waals surface area contributed by atoms with E-state index in [4.69, 9.17) is 5.73 Å². The number of nitrogens with two attached hydrogens (primary N) is 1. The van der Waals surface area contributed by atoms with Crippen LogP contribution in [0.25, 0.3) is 10.2 Å². The van der Waals surface area contributed by atoms with E-state index in [0.29, 0.717) is 30.2 Å². The van der Waals surface area contributed by atoms with Crippen LogP contribution in [0.4, 0.5) is 5.69 Å². The van der Waals surface area contributed by atoms with Gasteiger partial charge in [-0.25, -0.2) is 0 Å². The van der Waals surface area contributed by atoms with Gasteiger partial charge >= 0.3 is 0 Å². The van der Waals surface area contributed by atoms with Crippen LogP contribution in [0.3, 0.4) is 0 Å². The number of aryl methyl sites for hydroxylation is 2. The van der Waals surface area contributed by atoms with Gasteiger partial charge in [0.05, 0.1) is 20.7 Å². The third-order valence-electron chi connectivity index (χ3n) is 5.90. The number of thioether (sulfide) groups is 1. The molecule has 1 spiro atoms. The third-order valence-corrected chi connectivity index (χ3v) is 8.31. The van der Waals surface area contributed by atoms with Crippen molar-refractivity contribution in [3.05, 3.63) is 35.1 Å². The molecule has 2 aliphatic heterocycles. The SMILES string of the molecule is Cn1cc(N)c(C(=O)N2CC3(C2)SCCC3NC(=O)c2cc3sccc3n2C)n1. The molecule has 3 aromatic heterocycles. The summed E-state index contributed by atoms with van der Waals surface area (Å²) in [6.07, 6.45) is 2.55. The van der Waals surface area contributed by atoms with E-state index in [9.17, 15) is 9.59 Å². The summed E-state index contributed by atoms with van der Waals surface area (Å²) in [6, 6.07) is 4.02. The second-order valence-electron chi connectivity index (χ2n) is 7.75. The van der Waals surface area contributed by atoms with Crippen LogP contribution < -0.4 is 11.1 Å². The van der Waals surface area contributed by atoms with E-state index in [1.165, 1.54) is 0 Å². The molecule has 2 fully saturated rings. The molecule has 0 aromatic carbocycles. The van der Waals surface area contributed by atoms with E-state index in [-0.39, 0.29) is 22.6 Å². The first-order valence-corrected chi connectivity index (χ1v) is 11.3. The van der Waals surface area contributed by atoms with Gasteiger partial charge in [0.15, 0.2) is 5.69 Å². The Morgan fingerprint density at radius 1 is 1.34 bits per heavy atom. The van der Waals surface area contributed by atoms with Crippen molar-refractivity contribution in [3.63, 3.8) is 0 Å². The van der Waals surface area contributed by atoms with Gasteiger partial charge < -0.3 is 20.5 Å². The summed E-state index contributed by atoms with van der Waals surface area (Å²) in [6.45, 7) is 1.19. The highest BCUT2D eigenvalue weighted by Crippen LogP contribution is 2.45. The quantitative estimate of drug-likeness (QED) is 0.659. The van der Waals surface area contributed by atoms with Crippen molar-refractivity contribution >= 4 is 50.8 Å². The molecule has 2 saturated heterocycles. The highest BCUT2D eigenvalue weighted by atomic mass is 32.2. The predicted octanol–water partition coefficient (Wildman–Crippen LogP) is 1.69. The molecule has 0 saturated carbocycles. The van der Waals surface area contributed by atoms with Gasteiger partial charge in [0.2, 0.25) is 0 Å². The van der Waals surface area contributed by atoms with E-state index in [0.717, 1.165) is 22.4 Å². The van der Waals surface area contributed by atoms with Gasteiger partial charge in [0, 0.05) is 39.4 Å². The molecule has 29 heavy (non-hydrogen) atoms. The molecule has 3 N–H and O–H groups in total. The van der Waals surface area contributed by atoms with E-state index >= 15 is 0 Å². The number of anilines is 1. The van der Waals surface area contributed by atoms with Crippen molar-refractivity contribution in [1.29, 1.82) is 0 Å². The van der Waals surface area contributed by atoms with Crippen molar-refractivity contribution in [1.82, 2.24) is 24.6 Å². The molecule has 10 heteroatoms. The number of thiophene rings is 1. The van der Waals surface area contributed by atoms with Crippen molar-refractivity contribution in [2.75, 3.05) is 24.6 Å². The van der Waals surface area contributed by atoms with Gasteiger partial charge in [-0.3, -0.25) is 14.3 Å². The minimum atomic E-state index is -0.144. The van der Waals surface area contributed by atoms with E-state index < -0.39 is 0 Å². The number of carbonyl (C=O) groups excluding carboxylic acids is 2. The van der Waals surface area contributed by atoms with E-state index in [2.05, 4.69) is 10.4 Å². The molecular weight excluding hydrogens is 408 g/mol. The highest BCUT2D eigenvalue weighted by Gasteiger charge is 2.54. The first kappa shape index (κ1) is 18.6. The molecule has 8 nitrogen and oxygen atoms in total. The first-order chi connectivity index (χ1) is 13.9. The summed E-state index contributed by atoms with van der Waals surface area (Å²) >= 11 is 3.48. The summed E-state index contributed by atoms with van der Waals surface area (Å²) in [5.41, 5.74) is 8.35. The van der Waals surface area contributed by atoms with Crippen molar-refractivity contribution in [2.45, 2.75) is 17.2 Å². The van der Waals surface area contributed by atoms with Crippen LogP contribution in [0, 0.1) is 0 Å². The minimum absolute atomic E-state index is 0.0399. The maximum Gasteiger partial charge on any atom is 0.276 e. The average Bonchev–Trinajstić information content (AvgIpc) is 3.39. The lowest BCUT2D eigenvalue weighted by molar-refractivity contribution is 0.0506. The summed E-state index contributed by atoms with van der Waals surface area (Å²) in [4.78, 5) is 27.5. The number of amides is 2. The Hall–Kier alpha value is -2.46. The minimum Gasteiger partial charge on any atom is -0.396 e. The van der Waals surface area contributed by atoms with E-state index in [1.807, 2.05) is 40.9 Å². The summed E-state index contributed by atoms with van der Waals surface area (Å²) in [7, 11) is 3.67. The molecule has 0 bridgehead atoms. The largest absolute Gasteiger partial charge is 0.396 e. The number of hydrogen-bond donors (Lipinski definition) is 2.